The summed E-state index contributed by atoms with van der Waals surface area (Å²) >= 11 is 0. The number of nitrogens with one attached hydrogen (secondary N) is 1. The number of fused-ring (bicyclic) bond motifs is 1. The van der Waals surface area contributed by atoms with Crippen LogP contribution in [0.15, 0.2) is 42.7 Å². The predicted molar refractivity (Wildman–Crippen MR) is 126 cm³/mol. The Kier molecular flexibility index (Phi) is 5.84. The molecular weight excluding hydrogens is 401 g/mol. The first-order valence-corrected chi connectivity index (χ1v) is 11.2. The van der Waals surface area contributed by atoms with Crippen LogP contribution in [0.5, 0.6) is 0 Å². The van der Waals surface area contributed by atoms with Gasteiger partial charge in [-0.1, -0.05) is 17.9 Å². The van der Waals surface area contributed by atoms with E-state index in [9.17, 15) is 4.79 Å². The van der Waals surface area contributed by atoms with Crippen molar-refractivity contribution in [3.8, 4) is 0 Å². The number of piperazine rings is 1. The van der Waals surface area contributed by atoms with E-state index in [-0.39, 0.29) is 11.7 Å². The first kappa shape index (κ1) is 21.0. The standard InChI is InChI=1S/C23H28BN7O/c1-28-10-12-29(13-11-28)15-17-2-4-19(5-3-17)26-23(32)20-14-25-31-9-7-21(27-22(20)31)30-8-6-18(24)16-30/h2-5,7,9,14,18H,6,8,10-13,15-16H2,1H3,(H,26,32). The van der Waals surface area contributed by atoms with E-state index in [2.05, 4.69) is 44.3 Å². The number of anilines is 2. The highest BCUT2D eigenvalue weighted by molar-refractivity contribution is 6.12. The molecule has 1 N–H and O–H groups in total. The van der Waals surface area contributed by atoms with Gasteiger partial charge in [-0.05, 0) is 37.2 Å². The topological polar surface area (TPSA) is 69.0 Å². The van der Waals surface area contributed by atoms with Crippen molar-refractivity contribution in [3.05, 3.63) is 53.9 Å². The summed E-state index contributed by atoms with van der Waals surface area (Å²) < 4.78 is 1.63. The van der Waals surface area contributed by atoms with Crippen molar-refractivity contribution >= 4 is 30.9 Å². The largest absolute Gasteiger partial charge is 0.357 e. The quantitative estimate of drug-likeness (QED) is 0.625. The molecule has 3 aromatic rings. The lowest BCUT2D eigenvalue weighted by molar-refractivity contribution is 0.102. The Bertz CT molecular complexity index is 1090. The number of aromatic nitrogens is 3. The molecule has 2 fully saturated rings. The van der Waals surface area contributed by atoms with Crippen LogP contribution in [0, 0.1) is 0 Å². The van der Waals surface area contributed by atoms with Crippen LogP contribution in [0.3, 0.4) is 0 Å². The van der Waals surface area contributed by atoms with E-state index in [4.69, 9.17) is 12.8 Å². The number of hydrogen-bond donors (Lipinski definition) is 1. The van der Waals surface area contributed by atoms with Gasteiger partial charge in [0.2, 0.25) is 0 Å². The summed E-state index contributed by atoms with van der Waals surface area (Å²) in [6.07, 6.45) is 4.36. The Balaban J connectivity index is 1.26. The zero-order valence-corrected chi connectivity index (χ0v) is 18.4. The SMILES string of the molecule is [B]C1CCN(c2ccn3ncc(C(=O)Nc4ccc(CN5CCN(C)CC5)cc4)c3n2)C1. The van der Waals surface area contributed by atoms with Gasteiger partial charge in [0.1, 0.15) is 11.4 Å². The Morgan fingerprint density at radius 3 is 2.62 bits per heavy atom. The van der Waals surface area contributed by atoms with Crippen LogP contribution < -0.4 is 10.2 Å². The second-order valence-electron chi connectivity index (χ2n) is 8.84. The van der Waals surface area contributed by atoms with Crippen LogP contribution in [-0.4, -0.2) is 84.5 Å². The van der Waals surface area contributed by atoms with Crippen LogP contribution >= 0.6 is 0 Å². The number of likely N-dealkylation sites (N-methyl/N-ethyl adjacent to an activating group) is 1. The lowest BCUT2D eigenvalue weighted by Gasteiger charge is -2.32. The molecule has 0 aliphatic carbocycles. The van der Waals surface area contributed by atoms with Crippen molar-refractivity contribution in [3.63, 3.8) is 0 Å². The first-order valence-electron chi connectivity index (χ1n) is 11.2. The zero-order valence-electron chi connectivity index (χ0n) is 18.4. The molecule has 5 rings (SSSR count). The summed E-state index contributed by atoms with van der Waals surface area (Å²) in [5, 5.41) is 7.27. The second kappa shape index (κ2) is 8.92. The molecule has 9 heteroatoms. The Hall–Kier alpha value is -2.91. The average molecular weight is 429 g/mol. The number of benzene rings is 1. The number of rotatable bonds is 5. The fourth-order valence-electron chi connectivity index (χ4n) is 4.35. The van der Waals surface area contributed by atoms with Crippen LogP contribution in [0.4, 0.5) is 11.5 Å². The van der Waals surface area contributed by atoms with E-state index in [1.807, 2.05) is 24.4 Å². The molecule has 1 unspecified atom stereocenters. The van der Waals surface area contributed by atoms with Gasteiger partial charge < -0.3 is 15.1 Å². The van der Waals surface area contributed by atoms with Crippen LogP contribution in [0.1, 0.15) is 22.3 Å². The normalized spacial score (nSPS) is 20.2. The maximum atomic E-state index is 13.0. The van der Waals surface area contributed by atoms with Crippen molar-refractivity contribution < 1.29 is 4.79 Å². The molecule has 2 aromatic heterocycles. The molecule has 32 heavy (non-hydrogen) atoms. The minimum Gasteiger partial charge on any atom is -0.357 e. The fourth-order valence-corrected chi connectivity index (χ4v) is 4.35. The summed E-state index contributed by atoms with van der Waals surface area (Å²) in [5.41, 5.74) is 3.01. The second-order valence-corrected chi connectivity index (χ2v) is 8.84. The van der Waals surface area contributed by atoms with Crippen molar-refractivity contribution in [1.29, 1.82) is 0 Å². The Morgan fingerprint density at radius 2 is 1.91 bits per heavy atom. The van der Waals surface area contributed by atoms with E-state index in [1.165, 1.54) is 5.56 Å². The minimum atomic E-state index is -0.213. The third kappa shape index (κ3) is 4.49. The highest BCUT2D eigenvalue weighted by Gasteiger charge is 2.21. The summed E-state index contributed by atoms with van der Waals surface area (Å²) in [6, 6.07) is 9.99. The molecule has 1 aromatic carbocycles. The highest BCUT2D eigenvalue weighted by Crippen LogP contribution is 2.24. The number of amides is 1. The van der Waals surface area contributed by atoms with E-state index in [0.29, 0.717) is 11.2 Å². The van der Waals surface area contributed by atoms with Crippen LogP contribution in [-0.2, 0) is 6.54 Å². The van der Waals surface area contributed by atoms with Crippen molar-refractivity contribution in [2.24, 2.45) is 0 Å². The first-order chi connectivity index (χ1) is 15.5. The van der Waals surface area contributed by atoms with Crippen molar-refractivity contribution in [2.75, 3.05) is 56.5 Å². The van der Waals surface area contributed by atoms with Crippen LogP contribution in [0.25, 0.3) is 5.65 Å². The molecule has 2 saturated heterocycles. The van der Waals surface area contributed by atoms with E-state index < -0.39 is 0 Å². The van der Waals surface area contributed by atoms with Crippen molar-refractivity contribution in [2.45, 2.75) is 18.8 Å². The molecule has 0 bridgehead atoms. The monoisotopic (exact) mass is 429 g/mol. The maximum Gasteiger partial charge on any atom is 0.261 e. The molecule has 4 heterocycles. The molecule has 2 radical (unpaired) electrons. The lowest BCUT2D eigenvalue weighted by Crippen LogP contribution is -2.43. The molecule has 0 saturated carbocycles. The molecule has 1 atom stereocenters. The number of nitrogens with zero attached hydrogens (tertiary/aromatic N) is 6. The lowest BCUT2D eigenvalue weighted by atomic mass is 9.87. The van der Waals surface area contributed by atoms with E-state index in [1.54, 1.807) is 10.7 Å². The number of carbonyl (C=O) groups is 1. The van der Waals surface area contributed by atoms with Gasteiger partial charge in [0.25, 0.3) is 5.91 Å². The number of hydrogen-bond acceptors (Lipinski definition) is 6. The van der Waals surface area contributed by atoms with Gasteiger partial charge in [0.05, 0.1) is 14.0 Å². The molecule has 1 amide bonds. The van der Waals surface area contributed by atoms with Gasteiger partial charge in [-0.3, -0.25) is 9.69 Å². The summed E-state index contributed by atoms with van der Waals surface area (Å²) in [5.74, 6) is 0.780. The van der Waals surface area contributed by atoms with Crippen molar-refractivity contribution in [1.82, 2.24) is 24.4 Å². The smallest absolute Gasteiger partial charge is 0.261 e. The molecule has 2 aliphatic rings. The average Bonchev–Trinajstić information content (AvgIpc) is 3.42. The van der Waals surface area contributed by atoms with E-state index >= 15 is 0 Å². The molecule has 2 aliphatic heterocycles. The molecule has 164 valence electrons. The maximum absolute atomic E-state index is 13.0. The van der Waals surface area contributed by atoms with Crippen LogP contribution in [0.2, 0.25) is 5.82 Å². The van der Waals surface area contributed by atoms with Gasteiger partial charge >= 0.3 is 0 Å². The minimum absolute atomic E-state index is 0.167. The number of carbonyl (C=O) groups excluding carboxylic acids is 1. The van der Waals surface area contributed by atoms with E-state index in [0.717, 1.165) is 63.7 Å². The summed E-state index contributed by atoms with van der Waals surface area (Å²) in [4.78, 5) is 24.6. The third-order valence-corrected chi connectivity index (χ3v) is 6.36. The molecule has 0 spiro atoms. The summed E-state index contributed by atoms with van der Waals surface area (Å²) in [7, 11) is 8.20. The Morgan fingerprint density at radius 1 is 1.12 bits per heavy atom. The molecule has 8 nitrogen and oxygen atoms in total. The highest BCUT2D eigenvalue weighted by atomic mass is 16.1. The third-order valence-electron chi connectivity index (χ3n) is 6.36. The summed E-state index contributed by atoms with van der Waals surface area (Å²) in [6.45, 7) is 6.97. The van der Waals surface area contributed by atoms with Gasteiger partial charge in [-0.15, -0.1) is 0 Å². The Labute approximate surface area is 189 Å². The zero-order chi connectivity index (χ0) is 22.1. The van der Waals surface area contributed by atoms with Gasteiger partial charge in [-0.25, -0.2) is 9.50 Å². The van der Waals surface area contributed by atoms with Gasteiger partial charge in [0.15, 0.2) is 5.65 Å². The van der Waals surface area contributed by atoms with Gasteiger partial charge in [0, 0.05) is 57.7 Å². The van der Waals surface area contributed by atoms with Gasteiger partial charge in [-0.2, -0.15) is 5.10 Å². The predicted octanol–water partition coefficient (Wildman–Crippen LogP) is 1.90. The fraction of sp³-hybridized carbons (Fsp3) is 0.435. The molecular formula is C23H28BN7O.